The summed E-state index contributed by atoms with van der Waals surface area (Å²) in [6, 6.07) is 9.95. The average Bonchev–Trinajstić information content (AvgIpc) is 3.49. The standard InChI is InChI=1S/C22H19FN6O3/c1-31-18-5-3-2-4-14(18)21(30)27-17-11-25-22(29-12-26-28-20(17)29)24-10-15-13-8-9-32-19(13)7-6-16(15)23/h2-7,11-12H,8-10H2,1H3,(H,24,25)(H,27,30). The van der Waals surface area contributed by atoms with E-state index in [1.807, 2.05) is 0 Å². The molecule has 10 heteroatoms. The van der Waals surface area contributed by atoms with Crippen molar-refractivity contribution in [1.29, 1.82) is 0 Å². The van der Waals surface area contributed by atoms with Crippen LogP contribution < -0.4 is 20.1 Å². The number of hydrogen-bond donors (Lipinski definition) is 2. The van der Waals surface area contributed by atoms with Crippen molar-refractivity contribution in [3.05, 3.63) is 71.4 Å². The van der Waals surface area contributed by atoms with Crippen LogP contribution in [0.3, 0.4) is 0 Å². The molecule has 2 aromatic heterocycles. The molecule has 0 radical (unpaired) electrons. The number of methoxy groups -OCH3 is 1. The fourth-order valence-electron chi connectivity index (χ4n) is 3.73. The number of aromatic nitrogens is 4. The third-order valence-electron chi connectivity index (χ3n) is 5.30. The summed E-state index contributed by atoms with van der Waals surface area (Å²) < 4.78 is 26.8. The van der Waals surface area contributed by atoms with Crippen molar-refractivity contribution in [3.63, 3.8) is 0 Å². The lowest BCUT2D eigenvalue weighted by atomic mass is 10.0. The molecule has 0 saturated heterocycles. The second kappa shape index (κ2) is 8.14. The maximum Gasteiger partial charge on any atom is 0.259 e. The molecule has 2 N–H and O–H groups in total. The Hall–Kier alpha value is -4.21. The number of amides is 1. The van der Waals surface area contributed by atoms with E-state index in [1.54, 1.807) is 34.7 Å². The first kappa shape index (κ1) is 19.7. The van der Waals surface area contributed by atoms with E-state index in [0.717, 1.165) is 5.56 Å². The number of rotatable bonds is 6. The van der Waals surface area contributed by atoms with Crippen molar-refractivity contribution in [2.45, 2.75) is 13.0 Å². The number of nitrogens with zero attached hydrogens (tertiary/aromatic N) is 4. The first-order valence-electron chi connectivity index (χ1n) is 9.95. The number of halogens is 1. The predicted molar refractivity (Wildman–Crippen MR) is 115 cm³/mol. The Balaban J connectivity index is 1.40. The first-order chi connectivity index (χ1) is 15.7. The zero-order valence-corrected chi connectivity index (χ0v) is 17.1. The Kier molecular flexibility index (Phi) is 5.02. The van der Waals surface area contributed by atoms with E-state index >= 15 is 0 Å². The highest BCUT2D eigenvalue weighted by molar-refractivity contribution is 6.07. The molecule has 3 heterocycles. The van der Waals surface area contributed by atoms with Crippen molar-refractivity contribution < 1.29 is 18.7 Å². The summed E-state index contributed by atoms with van der Waals surface area (Å²) in [4.78, 5) is 17.1. The van der Waals surface area contributed by atoms with Crippen LogP contribution in [0, 0.1) is 5.82 Å². The van der Waals surface area contributed by atoms with Gasteiger partial charge in [-0.3, -0.25) is 4.79 Å². The van der Waals surface area contributed by atoms with Crippen LogP contribution in [-0.4, -0.2) is 39.2 Å². The second-order valence-corrected chi connectivity index (χ2v) is 7.13. The van der Waals surface area contributed by atoms with Crippen LogP contribution in [0.4, 0.5) is 16.0 Å². The van der Waals surface area contributed by atoms with E-state index in [2.05, 4.69) is 25.8 Å². The largest absolute Gasteiger partial charge is 0.496 e. The van der Waals surface area contributed by atoms with Gasteiger partial charge >= 0.3 is 0 Å². The summed E-state index contributed by atoms with van der Waals surface area (Å²) in [5.41, 5.74) is 2.55. The molecule has 0 fully saturated rings. The van der Waals surface area contributed by atoms with Gasteiger partial charge in [0, 0.05) is 24.1 Å². The van der Waals surface area contributed by atoms with Gasteiger partial charge < -0.3 is 20.1 Å². The molecule has 2 aromatic carbocycles. The molecule has 0 bridgehead atoms. The third-order valence-corrected chi connectivity index (χ3v) is 5.30. The highest BCUT2D eigenvalue weighted by Gasteiger charge is 2.20. The van der Waals surface area contributed by atoms with E-state index in [9.17, 15) is 9.18 Å². The molecule has 5 rings (SSSR count). The molecule has 32 heavy (non-hydrogen) atoms. The Morgan fingerprint density at radius 3 is 3.03 bits per heavy atom. The molecule has 0 saturated carbocycles. The smallest absolute Gasteiger partial charge is 0.259 e. The maximum absolute atomic E-state index is 14.4. The zero-order chi connectivity index (χ0) is 22.1. The maximum atomic E-state index is 14.4. The van der Waals surface area contributed by atoms with Crippen LogP contribution in [0.15, 0.2) is 48.9 Å². The zero-order valence-electron chi connectivity index (χ0n) is 17.1. The van der Waals surface area contributed by atoms with Crippen LogP contribution >= 0.6 is 0 Å². The highest BCUT2D eigenvalue weighted by atomic mass is 19.1. The molecule has 1 aliphatic rings. The molecular weight excluding hydrogens is 415 g/mol. The van der Waals surface area contributed by atoms with Gasteiger partial charge in [-0.1, -0.05) is 12.1 Å². The molecule has 4 aromatic rings. The average molecular weight is 434 g/mol. The number of carbonyl (C=O) groups excluding carboxylic acids is 1. The molecule has 9 nitrogen and oxygen atoms in total. The normalized spacial score (nSPS) is 12.3. The number of ether oxygens (including phenoxy) is 2. The number of benzene rings is 2. The first-order valence-corrected chi connectivity index (χ1v) is 9.95. The molecule has 0 atom stereocenters. The summed E-state index contributed by atoms with van der Waals surface area (Å²) >= 11 is 0. The van der Waals surface area contributed by atoms with Gasteiger partial charge in [0.1, 0.15) is 29.3 Å². The quantitative estimate of drug-likeness (QED) is 0.481. The summed E-state index contributed by atoms with van der Waals surface area (Å²) in [6.07, 6.45) is 3.61. The number of anilines is 2. The molecule has 0 unspecified atom stereocenters. The van der Waals surface area contributed by atoms with Gasteiger partial charge in [0.2, 0.25) is 5.95 Å². The van der Waals surface area contributed by atoms with Gasteiger partial charge in [0.15, 0.2) is 5.65 Å². The van der Waals surface area contributed by atoms with Gasteiger partial charge in [0.05, 0.1) is 25.5 Å². The Bertz CT molecular complexity index is 1320. The van der Waals surface area contributed by atoms with E-state index in [1.165, 1.54) is 25.7 Å². The Morgan fingerprint density at radius 2 is 2.16 bits per heavy atom. The molecule has 0 aliphatic carbocycles. The third kappa shape index (κ3) is 3.45. The second-order valence-electron chi connectivity index (χ2n) is 7.13. The number of nitrogens with one attached hydrogen (secondary N) is 2. The molecule has 0 spiro atoms. The number of hydrogen-bond acceptors (Lipinski definition) is 7. The number of para-hydroxylation sites is 1. The van der Waals surface area contributed by atoms with Gasteiger partial charge in [-0.2, -0.15) is 0 Å². The summed E-state index contributed by atoms with van der Waals surface area (Å²) in [5.74, 6) is 0.908. The van der Waals surface area contributed by atoms with Crippen molar-refractivity contribution in [2.75, 3.05) is 24.4 Å². The fourth-order valence-corrected chi connectivity index (χ4v) is 3.73. The van der Waals surface area contributed by atoms with Crippen LogP contribution in [0.1, 0.15) is 21.5 Å². The minimum atomic E-state index is -0.364. The topological polar surface area (TPSA) is 103 Å². The van der Waals surface area contributed by atoms with Crippen LogP contribution in [-0.2, 0) is 13.0 Å². The van der Waals surface area contributed by atoms with E-state index in [0.29, 0.717) is 52.9 Å². The van der Waals surface area contributed by atoms with Gasteiger partial charge in [-0.15, -0.1) is 10.2 Å². The predicted octanol–water partition coefficient (Wildman–Crippen LogP) is 3.07. The van der Waals surface area contributed by atoms with Crippen molar-refractivity contribution in [2.24, 2.45) is 0 Å². The monoisotopic (exact) mass is 434 g/mol. The lowest BCUT2D eigenvalue weighted by Crippen LogP contribution is -2.15. The van der Waals surface area contributed by atoms with Gasteiger partial charge in [-0.25, -0.2) is 13.8 Å². The fraction of sp³-hybridized carbons (Fsp3) is 0.182. The van der Waals surface area contributed by atoms with E-state index in [4.69, 9.17) is 9.47 Å². The molecule has 1 amide bonds. The van der Waals surface area contributed by atoms with Crippen LogP contribution in [0.2, 0.25) is 0 Å². The molecule has 1 aliphatic heterocycles. The molecular formula is C22H19FN6O3. The van der Waals surface area contributed by atoms with Gasteiger partial charge in [0.25, 0.3) is 5.91 Å². The Labute approximate surface area is 182 Å². The Morgan fingerprint density at radius 1 is 1.28 bits per heavy atom. The van der Waals surface area contributed by atoms with E-state index in [-0.39, 0.29) is 18.3 Å². The minimum absolute atomic E-state index is 0.214. The minimum Gasteiger partial charge on any atom is -0.496 e. The van der Waals surface area contributed by atoms with Crippen LogP contribution in [0.25, 0.3) is 5.65 Å². The molecule has 162 valence electrons. The lowest BCUT2D eigenvalue weighted by molar-refractivity contribution is 0.102. The number of fused-ring (bicyclic) bond motifs is 2. The highest BCUT2D eigenvalue weighted by Crippen LogP contribution is 2.30. The summed E-state index contributed by atoms with van der Waals surface area (Å²) in [7, 11) is 1.50. The van der Waals surface area contributed by atoms with Crippen LogP contribution in [0.5, 0.6) is 11.5 Å². The van der Waals surface area contributed by atoms with Crippen molar-refractivity contribution >= 4 is 23.2 Å². The van der Waals surface area contributed by atoms with Crippen molar-refractivity contribution in [1.82, 2.24) is 19.6 Å². The van der Waals surface area contributed by atoms with Crippen molar-refractivity contribution in [3.8, 4) is 11.5 Å². The van der Waals surface area contributed by atoms with Gasteiger partial charge in [-0.05, 0) is 24.3 Å². The van der Waals surface area contributed by atoms with E-state index < -0.39 is 0 Å². The number of carbonyl (C=O) groups is 1. The lowest BCUT2D eigenvalue weighted by Gasteiger charge is -2.13. The summed E-state index contributed by atoms with van der Waals surface area (Å²) in [5, 5.41) is 14.0. The summed E-state index contributed by atoms with van der Waals surface area (Å²) in [6.45, 7) is 0.756. The SMILES string of the molecule is COc1ccccc1C(=O)Nc1cnc(NCc2c(F)ccc3c2CCO3)n2cnnc12.